The molecule has 2 amide bonds. The fraction of sp³-hybridized carbons (Fsp3) is 0.263. The SMILES string of the molecule is COc1cccc(C(=O)N2CCN(C(=O)c3c(Cl)cccc3Cl)CC2)c1. The Kier molecular flexibility index (Phi) is 5.69. The van der Waals surface area contributed by atoms with Crippen LogP contribution in [0, 0.1) is 0 Å². The Morgan fingerprint density at radius 2 is 1.42 bits per heavy atom. The molecule has 1 aliphatic heterocycles. The van der Waals surface area contributed by atoms with Gasteiger partial charge in [-0.3, -0.25) is 9.59 Å². The zero-order valence-corrected chi connectivity index (χ0v) is 15.8. The molecule has 136 valence electrons. The third-order valence-electron chi connectivity index (χ3n) is 4.35. The summed E-state index contributed by atoms with van der Waals surface area (Å²) in [6.07, 6.45) is 0. The van der Waals surface area contributed by atoms with E-state index in [4.69, 9.17) is 27.9 Å². The zero-order chi connectivity index (χ0) is 18.7. The highest BCUT2D eigenvalue weighted by Gasteiger charge is 2.27. The quantitative estimate of drug-likeness (QED) is 0.801. The molecule has 0 N–H and O–H groups in total. The van der Waals surface area contributed by atoms with Gasteiger partial charge in [0.25, 0.3) is 11.8 Å². The number of ether oxygens (including phenoxy) is 1. The van der Waals surface area contributed by atoms with Crippen LogP contribution in [0.3, 0.4) is 0 Å². The molecule has 0 saturated carbocycles. The maximum atomic E-state index is 12.7. The fourth-order valence-electron chi connectivity index (χ4n) is 2.91. The van der Waals surface area contributed by atoms with Gasteiger partial charge >= 0.3 is 0 Å². The average molecular weight is 393 g/mol. The van der Waals surface area contributed by atoms with Crippen molar-refractivity contribution in [3.63, 3.8) is 0 Å². The molecule has 2 aromatic rings. The molecule has 0 spiro atoms. The highest BCUT2D eigenvalue weighted by Crippen LogP contribution is 2.26. The average Bonchev–Trinajstić information content (AvgIpc) is 2.67. The van der Waals surface area contributed by atoms with Crippen molar-refractivity contribution in [1.29, 1.82) is 0 Å². The van der Waals surface area contributed by atoms with E-state index in [1.165, 1.54) is 0 Å². The van der Waals surface area contributed by atoms with E-state index in [-0.39, 0.29) is 11.8 Å². The number of amides is 2. The molecule has 1 saturated heterocycles. The maximum absolute atomic E-state index is 12.7. The number of benzene rings is 2. The van der Waals surface area contributed by atoms with E-state index in [0.29, 0.717) is 53.1 Å². The van der Waals surface area contributed by atoms with Crippen LogP contribution in [0.15, 0.2) is 42.5 Å². The normalized spacial score (nSPS) is 14.3. The van der Waals surface area contributed by atoms with E-state index in [1.54, 1.807) is 59.4 Å². The predicted octanol–water partition coefficient (Wildman–Crippen LogP) is 3.60. The van der Waals surface area contributed by atoms with E-state index in [9.17, 15) is 9.59 Å². The Balaban J connectivity index is 1.67. The van der Waals surface area contributed by atoms with Crippen molar-refractivity contribution in [2.75, 3.05) is 33.3 Å². The van der Waals surface area contributed by atoms with Crippen molar-refractivity contribution in [1.82, 2.24) is 9.80 Å². The molecule has 0 atom stereocenters. The van der Waals surface area contributed by atoms with Gasteiger partial charge in [-0.25, -0.2) is 0 Å². The van der Waals surface area contributed by atoms with Crippen LogP contribution in [-0.4, -0.2) is 54.9 Å². The third-order valence-corrected chi connectivity index (χ3v) is 4.98. The first kappa shape index (κ1) is 18.5. The minimum atomic E-state index is -0.214. The van der Waals surface area contributed by atoms with Crippen LogP contribution in [0.4, 0.5) is 0 Å². The summed E-state index contributed by atoms with van der Waals surface area (Å²) in [4.78, 5) is 28.8. The van der Waals surface area contributed by atoms with Gasteiger partial charge in [0.15, 0.2) is 0 Å². The first-order valence-corrected chi connectivity index (χ1v) is 8.93. The summed E-state index contributed by atoms with van der Waals surface area (Å²) in [7, 11) is 1.56. The number of halogens is 2. The number of methoxy groups -OCH3 is 1. The molecule has 0 unspecified atom stereocenters. The van der Waals surface area contributed by atoms with Crippen LogP contribution >= 0.6 is 23.2 Å². The molecule has 26 heavy (non-hydrogen) atoms. The Labute approximate surface area is 162 Å². The van der Waals surface area contributed by atoms with Gasteiger partial charge in [0, 0.05) is 31.7 Å². The molecule has 1 heterocycles. The number of piperazine rings is 1. The molecule has 2 aromatic carbocycles. The Bertz CT molecular complexity index is 813. The summed E-state index contributed by atoms with van der Waals surface area (Å²) >= 11 is 12.2. The van der Waals surface area contributed by atoms with Crippen molar-refractivity contribution >= 4 is 35.0 Å². The summed E-state index contributed by atoms with van der Waals surface area (Å²) in [5, 5.41) is 0.662. The number of hydrogen-bond acceptors (Lipinski definition) is 3. The largest absolute Gasteiger partial charge is 0.497 e. The van der Waals surface area contributed by atoms with Crippen molar-refractivity contribution in [2.24, 2.45) is 0 Å². The smallest absolute Gasteiger partial charge is 0.257 e. The molecule has 0 aromatic heterocycles. The molecule has 0 aliphatic carbocycles. The number of carbonyl (C=O) groups excluding carboxylic acids is 2. The van der Waals surface area contributed by atoms with Gasteiger partial charge in [0.05, 0.1) is 22.7 Å². The van der Waals surface area contributed by atoms with Gasteiger partial charge in [-0.2, -0.15) is 0 Å². The number of nitrogens with zero attached hydrogens (tertiary/aromatic N) is 2. The van der Waals surface area contributed by atoms with E-state index in [0.717, 1.165) is 0 Å². The van der Waals surface area contributed by atoms with E-state index in [1.807, 2.05) is 0 Å². The lowest BCUT2D eigenvalue weighted by Crippen LogP contribution is -2.50. The standard InChI is InChI=1S/C19H18Cl2N2O3/c1-26-14-5-2-4-13(12-14)18(24)22-8-10-23(11-9-22)19(25)17-15(20)6-3-7-16(17)21/h2-7,12H,8-11H2,1H3. The van der Waals surface area contributed by atoms with Gasteiger partial charge in [-0.05, 0) is 30.3 Å². The lowest BCUT2D eigenvalue weighted by Gasteiger charge is -2.35. The molecular formula is C19H18Cl2N2O3. The van der Waals surface area contributed by atoms with Crippen molar-refractivity contribution in [3.8, 4) is 5.75 Å². The molecule has 7 heteroatoms. The van der Waals surface area contributed by atoms with Crippen molar-refractivity contribution < 1.29 is 14.3 Å². The van der Waals surface area contributed by atoms with Gasteiger partial charge in [-0.1, -0.05) is 35.3 Å². The number of rotatable bonds is 3. The number of hydrogen-bond donors (Lipinski definition) is 0. The topological polar surface area (TPSA) is 49.9 Å². The minimum Gasteiger partial charge on any atom is -0.497 e. The molecule has 1 aliphatic rings. The summed E-state index contributed by atoms with van der Waals surface area (Å²) in [6.45, 7) is 1.75. The van der Waals surface area contributed by atoms with Crippen LogP contribution in [0.1, 0.15) is 20.7 Å². The third kappa shape index (κ3) is 3.79. The highest BCUT2D eigenvalue weighted by atomic mass is 35.5. The van der Waals surface area contributed by atoms with Crippen LogP contribution in [0.25, 0.3) is 0 Å². The second-order valence-electron chi connectivity index (χ2n) is 5.91. The van der Waals surface area contributed by atoms with Crippen LogP contribution in [-0.2, 0) is 0 Å². The minimum absolute atomic E-state index is 0.0771. The maximum Gasteiger partial charge on any atom is 0.257 e. The molecular weight excluding hydrogens is 375 g/mol. The fourth-order valence-corrected chi connectivity index (χ4v) is 3.47. The summed E-state index contributed by atoms with van der Waals surface area (Å²) < 4.78 is 5.16. The summed E-state index contributed by atoms with van der Waals surface area (Å²) in [6, 6.07) is 12.0. The summed E-state index contributed by atoms with van der Waals surface area (Å²) in [5.74, 6) is 0.346. The summed E-state index contributed by atoms with van der Waals surface area (Å²) in [5.41, 5.74) is 0.877. The predicted molar refractivity (Wildman–Crippen MR) is 101 cm³/mol. The lowest BCUT2D eigenvalue weighted by molar-refractivity contribution is 0.0535. The molecule has 0 radical (unpaired) electrons. The van der Waals surface area contributed by atoms with Gasteiger partial charge in [-0.15, -0.1) is 0 Å². The first-order valence-electron chi connectivity index (χ1n) is 8.18. The van der Waals surface area contributed by atoms with Gasteiger partial charge in [0.2, 0.25) is 0 Å². The highest BCUT2D eigenvalue weighted by molar-refractivity contribution is 6.39. The second kappa shape index (κ2) is 7.98. The number of carbonyl (C=O) groups is 2. The molecule has 3 rings (SSSR count). The van der Waals surface area contributed by atoms with Crippen LogP contribution in [0.2, 0.25) is 10.0 Å². The van der Waals surface area contributed by atoms with Gasteiger partial charge in [0.1, 0.15) is 5.75 Å². The lowest BCUT2D eigenvalue weighted by atomic mass is 10.1. The molecule has 5 nitrogen and oxygen atoms in total. The zero-order valence-electron chi connectivity index (χ0n) is 14.2. The van der Waals surface area contributed by atoms with Crippen LogP contribution in [0.5, 0.6) is 5.75 Å². The Hall–Kier alpha value is -2.24. The first-order chi connectivity index (χ1) is 12.5. The van der Waals surface area contributed by atoms with Crippen LogP contribution < -0.4 is 4.74 Å². The second-order valence-corrected chi connectivity index (χ2v) is 6.73. The Morgan fingerprint density at radius 3 is 2.00 bits per heavy atom. The van der Waals surface area contributed by atoms with Crippen molar-refractivity contribution in [2.45, 2.75) is 0 Å². The van der Waals surface area contributed by atoms with E-state index in [2.05, 4.69) is 0 Å². The Morgan fingerprint density at radius 1 is 0.885 bits per heavy atom. The van der Waals surface area contributed by atoms with E-state index >= 15 is 0 Å². The van der Waals surface area contributed by atoms with Crippen molar-refractivity contribution in [3.05, 3.63) is 63.6 Å². The monoisotopic (exact) mass is 392 g/mol. The van der Waals surface area contributed by atoms with E-state index < -0.39 is 0 Å². The molecule has 0 bridgehead atoms. The van der Waals surface area contributed by atoms with Gasteiger partial charge < -0.3 is 14.5 Å². The molecule has 1 fully saturated rings.